The lowest BCUT2D eigenvalue weighted by Gasteiger charge is -2.21. The van der Waals surface area contributed by atoms with Crippen LogP contribution in [0.5, 0.6) is 0 Å². The molecular formula is C17H29N3O2. The molecule has 0 fully saturated rings. The van der Waals surface area contributed by atoms with Crippen molar-refractivity contribution in [2.75, 3.05) is 26.7 Å². The highest BCUT2D eigenvalue weighted by atomic mass is 16.5. The Balaban J connectivity index is 2.48. The van der Waals surface area contributed by atoms with Crippen molar-refractivity contribution in [3.05, 3.63) is 35.9 Å². The molecule has 22 heavy (non-hydrogen) atoms. The van der Waals surface area contributed by atoms with Gasteiger partial charge in [-0.2, -0.15) is 0 Å². The maximum absolute atomic E-state index is 10.1. The second-order valence-electron chi connectivity index (χ2n) is 5.88. The largest absolute Gasteiger partial charge is 0.391 e. The lowest BCUT2D eigenvalue weighted by molar-refractivity contribution is 0.0310. The Kier molecular flexibility index (Phi) is 7.91. The van der Waals surface area contributed by atoms with Crippen molar-refractivity contribution >= 4 is 5.96 Å². The molecular weight excluding hydrogens is 278 g/mol. The maximum Gasteiger partial charge on any atom is 0.191 e. The van der Waals surface area contributed by atoms with Crippen LogP contribution < -0.4 is 10.6 Å². The molecule has 1 aromatic rings. The fourth-order valence-corrected chi connectivity index (χ4v) is 1.85. The fraction of sp³-hybridized carbons (Fsp3) is 0.588. The third-order valence-corrected chi connectivity index (χ3v) is 3.33. The van der Waals surface area contributed by atoms with Crippen LogP contribution in [0, 0.1) is 0 Å². The van der Waals surface area contributed by atoms with Crippen LogP contribution in [0.25, 0.3) is 0 Å². The van der Waals surface area contributed by atoms with Crippen molar-refractivity contribution in [3.63, 3.8) is 0 Å². The second kappa shape index (κ2) is 9.43. The highest BCUT2D eigenvalue weighted by molar-refractivity contribution is 5.79. The van der Waals surface area contributed by atoms with Crippen molar-refractivity contribution in [3.8, 4) is 0 Å². The van der Waals surface area contributed by atoms with Gasteiger partial charge < -0.3 is 20.5 Å². The molecule has 124 valence electrons. The Bertz CT molecular complexity index is 446. The van der Waals surface area contributed by atoms with Gasteiger partial charge in [-0.15, -0.1) is 0 Å². The highest BCUT2D eigenvalue weighted by Gasteiger charge is 2.16. The topological polar surface area (TPSA) is 65.9 Å². The Labute approximate surface area is 133 Å². The lowest BCUT2D eigenvalue weighted by Crippen LogP contribution is -2.42. The van der Waals surface area contributed by atoms with Crippen molar-refractivity contribution < 1.29 is 9.84 Å². The summed E-state index contributed by atoms with van der Waals surface area (Å²) in [5.74, 6) is 0.694. The Hall–Kier alpha value is -1.59. The van der Waals surface area contributed by atoms with E-state index in [1.807, 2.05) is 51.1 Å². The van der Waals surface area contributed by atoms with E-state index in [9.17, 15) is 5.11 Å². The first-order chi connectivity index (χ1) is 10.5. The van der Waals surface area contributed by atoms with Gasteiger partial charge in [0.15, 0.2) is 5.96 Å². The van der Waals surface area contributed by atoms with Crippen LogP contribution in [0.3, 0.4) is 0 Å². The smallest absolute Gasteiger partial charge is 0.191 e. The van der Waals surface area contributed by atoms with Crippen LogP contribution in [0.4, 0.5) is 0 Å². The SMILES string of the molecule is CCNC(=NCC(C)(C)OC)NCC(O)Cc1ccccc1. The maximum atomic E-state index is 10.1. The number of guanidine groups is 1. The summed E-state index contributed by atoms with van der Waals surface area (Å²) in [6.45, 7) is 7.77. The van der Waals surface area contributed by atoms with Gasteiger partial charge in [-0.25, -0.2) is 0 Å². The number of methoxy groups -OCH3 is 1. The number of benzene rings is 1. The standard InChI is InChI=1S/C17H29N3O2/c1-5-18-16(20-13-17(2,3)22-4)19-12-15(21)11-14-9-7-6-8-10-14/h6-10,15,21H,5,11-13H2,1-4H3,(H2,18,19,20). The first-order valence-corrected chi connectivity index (χ1v) is 7.76. The van der Waals surface area contributed by atoms with Crippen molar-refractivity contribution in [2.45, 2.75) is 38.9 Å². The summed E-state index contributed by atoms with van der Waals surface area (Å²) in [5.41, 5.74) is 0.824. The molecule has 0 spiro atoms. The number of ether oxygens (including phenoxy) is 1. The molecule has 0 radical (unpaired) electrons. The number of hydrogen-bond acceptors (Lipinski definition) is 3. The summed E-state index contributed by atoms with van der Waals surface area (Å²) in [7, 11) is 1.68. The summed E-state index contributed by atoms with van der Waals surface area (Å²) in [6.07, 6.45) is 0.165. The van der Waals surface area contributed by atoms with Gasteiger partial charge in [-0.1, -0.05) is 30.3 Å². The molecule has 0 saturated carbocycles. The molecule has 1 unspecified atom stereocenters. The van der Waals surface area contributed by atoms with Gasteiger partial charge in [0, 0.05) is 26.6 Å². The van der Waals surface area contributed by atoms with Crippen LogP contribution in [0.1, 0.15) is 26.3 Å². The van der Waals surface area contributed by atoms with E-state index >= 15 is 0 Å². The normalized spacial score (nSPS) is 13.8. The monoisotopic (exact) mass is 307 g/mol. The number of nitrogens with one attached hydrogen (secondary N) is 2. The van der Waals surface area contributed by atoms with E-state index in [0.29, 0.717) is 25.5 Å². The molecule has 3 N–H and O–H groups in total. The predicted molar refractivity (Wildman–Crippen MR) is 91.2 cm³/mol. The summed E-state index contributed by atoms with van der Waals surface area (Å²) in [6, 6.07) is 9.97. The average molecular weight is 307 g/mol. The van der Waals surface area contributed by atoms with Gasteiger partial charge in [-0.3, -0.25) is 4.99 Å². The van der Waals surface area contributed by atoms with E-state index in [1.165, 1.54) is 0 Å². The van der Waals surface area contributed by atoms with E-state index in [-0.39, 0.29) is 5.60 Å². The Morgan fingerprint density at radius 2 is 1.95 bits per heavy atom. The first-order valence-electron chi connectivity index (χ1n) is 7.76. The molecule has 0 aromatic heterocycles. The molecule has 0 saturated heterocycles. The second-order valence-corrected chi connectivity index (χ2v) is 5.88. The highest BCUT2D eigenvalue weighted by Crippen LogP contribution is 2.07. The van der Waals surface area contributed by atoms with E-state index in [1.54, 1.807) is 7.11 Å². The van der Waals surface area contributed by atoms with Gasteiger partial charge in [0.25, 0.3) is 0 Å². The zero-order valence-electron chi connectivity index (χ0n) is 14.1. The van der Waals surface area contributed by atoms with Gasteiger partial charge in [0.05, 0.1) is 18.2 Å². The molecule has 5 nitrogen and oxygen atoms in total. The Morgan fingerprint density at radius 1 is 1.27 bits per heavy atom. The average Bonchev–Trinajstić information content (AvgIpc) is 2.51. The van der Waals surface area contributed by atoms with E-state index in [0.717, 1.165) is 12.1 Å². The summed E-state index contributed by atoms with van der Waals surface area (Å²) in [5, 5.41) is 16.5. The van der Waals surface area contributed by atoms with Gasteiger partial charge >= 0.3 is 0 Å². The molecule has 0 aliphatic rings. The predicted octanol–water partition coefficient (Wildman–Crippen LogP) is 1.57. The number of aliphatic hydroxyl groups is 1. The lowest BCUT2D eigenvalue weighted by atomic mass is 10.1. The van der Waals surface area contributed by atoms with E-state index in [2.05, 4.69) is 15.6 Å². The van der Waals surface area contributed by atoms with Crippen molar-refractivity contribution in [2.24, 2.45) is 4.99 Å². The van der Waals surface area contributed by atoms with Crippen LogP contribution >= 0.6 is 0 Å². The summed E-state index contributed by atoms with van der Waals surface area (Å²) >= 11 is 0. The third kappa shape index (κ3) is 7.43. The van der Waals surface area contributed by atoms with Gasteiger partial charge in [-0.05, 0) is 26.3 Å². The summed E-state index contributed by atoms with van der Waals surface area (Å²) in [4.78, 5) is 4.49. The number of hydrogen-bond donors (Lipinski definition) is 3. The first kappa shape index (κ1) is 18.5. The molecule has 1 atom stereocenters. The minimum absolute atomic E-state index is 0.301. The quantitative estimate of drug-likeness (QED) is 0.504. The van der Waals surface area contributed by atoms with Crippen molar-refractivity contribution in [1.82, 2.24) is 10.6 Å². The molecule has 1 aromatic carbocycles. The molecule has 0 bridgehead atoms. The van der Waals surface area contributed by atoms with Gasteiger partial charge in [0.1, 0.15) is 0 Å². The van der Waals surface area contributed by atoms with Crippen LogP contribution in [0.15, 0.2) is 35.3 Å². The number of aliphatic imine (C=N–C) groups is 1. The van der Waals surface area contributed by atoms with Crippen LogP contribution in [0.2, 0.25) is 0 Å². The van der Waals surface area contributed by atoms with Gasteiger partial charge in [0.2, 0.25) is 0 Å². The molecule has 1 rings (SSSR count). The molecule has 0 aliphatic heterocycles. The van der Waals surface area contributed by atoms with Crippen LogP contribution in [-0.2, 0) is 11.2 Å². The third-order valence-electron chi connectivity index (χ3n) is 3.33. The van der Waals surface area contributed by atoms with E-state index < -0.39 is 6.10 Å². The fourth-order valence-electron chi connectivity index (χ4n) is 1.85. The van der Waals surface area contributed by atoms with Crippen LogP contribution in [-0.4, -0.2) is 49.5 Å². The van der Waals surface area contributed by atoms with E-state index in [4.69, 9.17) is 4.74 Å². The number of rotatable bonds is 8. The molecule has 0 heterocycles. The zero-order chi connectivity index (χ0) is 16.4. The number of nitrogens with zero attached hydrogens (tertiary/aromatic N) is 1. The summed E-state index contributed by atoms with van der Waals surface area (Å²) < 4.78 is 5.36. The zero-order valence-corrected chi connectivity index (χ0v) is 14.1. The molecule has 5 heteroatoms. The number of aliphatic hydroxyl groups excluding tert-OH is 1. The minimum Gasteiger partial charge on any atom is -0.391 e. The Morgan fingerprint density at radius 3 is 2.55 bits per heavy atom. The molecule has 0 amide bonds. The molecule has 0 aliphatic carbocycles. The minimum atomic E-state index is -0.457. The van der Waals surface area contributed by atoms with Crippen molar-refractivity contribution in [1.29, 1.82) is 0 Å².